The maximum atomic E-state index is 11.9. The standard InChI is InChI=1S/C15H20N2O2/c18-14-6-3-9-17(10-15(19)16-11-7-8-11)13-5-2-1-4-12(13)14/h1-2,4-5,11,14,18H,3,6-10H2,(H,16,19). The van der Waals surface area contributed by atoms with Gasteiger partial charge in [0.2, 0.25) is 5.91 Å². The molecule has 4 nitrogen and oxygen atoms in total. The van der Waals surface area contributed by atoms with Crippen molar-refractivity contribution in [3.63, 3.8) is 0 Å². The lowest BCUT2D eigenvalue weighted by Gasteiger charge is -2.24. The average Bonchev–Trinajstić information content (AvgIpc) is 3.21. The van der Waals surface area contributed by atoms with Crippen molar-refractivity contribution in [2.24, 2.45) is 0 Å². The van der Waals surface area contributed by atoms with Gasteiger partial charge in [-0.15, -0.1) is 0 Å². The fourth-order valence-corrected chi connectivity index (χ4v) is 2.65. The number of hydrogen-bond donors (Lipinski definition) is 2. The molecule has 1 aliphatic heterocycles. The lowest BCUT2D eigenvalue weighted by atomic mass is 10.0. The summed E-state index contributed by atoms with van der Waals surface area (Å²) >= 11 is 0. The summed E-state index contributed by atoms with van der Waals surface area (Å²) in [6.07, 6.45) is 3.49. The third-order valence-electron chi connectivity index (χ3n) is 3.82. The minimum atomic E-state index is -0.410. The number of benzene rings is 1. The first-order valence-electron chi connectivity index (χ1n) is 7.05. The van der Waals surface area contributed by atoms with E-state index in [1.165, 1.54) is 0 Å². The number of hydrogen-bond acceptors (Lipinski definition) is 3. The monoisotopic (exact) mass is 260 g/mol. The lowest BCUT2D eigenvalue weighted by molar-refractivity contribution is -0.119. The molecule has 1 unspecified atom stereocenters. The van der Waals surface area contributed by atoms with Crippen LogP contribution in [0.25, 0.3) is 0 Å². The molecule has 3 rings (SSSR count). The van der Waals surface area contributed by atoms with Crippen LogP contribution in [0.4, 0.5) is 5.69 Å². The van der Waals surface area contributed by atoms with Crippen LogP contribution in [0.3, 0.4) is 0 Å². The van der Waals surface area contributed by atoms with E-state index in [1.807, 2.05) is 24.3 Å². The van der Waals surface area contributed by atoms with Crippen LogP contribution in [0.2, 0.25) is 0 Å². The van der Waals surface area contributed by atoms with Crippen molar-refractivity contribution in [3.05, 3.63) is 29.8 Å². The molecule has 2 aliphatic rings. The van der Waals surface area contributed by atoms with Gasteiger partial charge >= 0.3 is 0 Å². The van der Waals surface area contributed by atoms with Crippen molar-refractivity contribution in [2.45, 2.75) is 37.8 Å². The van der Waals surface area contributed by atoms with Gasteiger partial charge < -0.3 is 15.3 Å². The van der Waals surface area contributed by atoms with Gasteiger partial charge in [0.25, 0.3) is 0 Å². The van der Waals surface area contributed by atoms with Crippen LogP contribution in [0.15, 0.2) is 24.3 Å². The Hall–Kier alpha value is -1.55. The molecule has 0 aromatic heterocycles. The Bertz CT molecular complexity index is 471. The first-order valence-corrected chi connectivity index (χ1v) is 7.05. The van der Waals surface area contributed by atoms with Crippen LogP contribution >= 0.6 is 0 Å². The van der Waals surface area contributed by atoms with E-state index in [1.54, 1.807) is 0 Å². The van der Waals surface area contributed by atoms with Gasteiger partial charge in [-0.05, 0) is 31.7 Å². The Kier molecular flexibility index (Phi) is 3.42. The maximum absolute atomic E-state index is 11.9. The molecule has 2 N–H and O–H groups in total. The van der Waals surface area contributed by atoms with Crippen molar-refractivity contribution >= 4 is 11.6 Å². The van der Waals surface area contributed by atoms with Crippen LogP contribution < -0.4 is 10.2 Å². The largest absolute Gasteiger partial charge is 0.388 e. The molecule has 1 atom stereocenters. The summed E-state index contributed by atoms with van der Waals surface area (Å²) in [4.78, 5) is 14.0. The minimum Gasteiger partial charge on any atom is -0.388 e. The van der Waals surface area contributed by atoms with E-state index in [2.05, 4.69) is 10.2 Å². The normalized spacial score (nSPS) is 22.6. The number of rotatable bonds is 3. The fourth-order valence-electron chi connectivity index (χ4n) is 2.65. The number of amides is 1. The van der Waals surface area contributed by atoms with Gasteiger partial charge in [-0.1, -0.05) is 18.2 Å². The SMILES string of the molecule is O=C(CN1CCCC(O)c2ccccc21)NC1CC1. The molecule has 102 valence electrons. The van der Waals surface area contributed by atoms with E-state index in [0.29, 0.717) is 12.6 Å². The fraction of sp³-hybridized carbons (Fsp3) is 0.533. The van der Waals surface area contributed by atoms with Gasteiger partial charge in [-0.25, -0.2) is 0 Å². The second-order valence-electron chi connectivity index (χ2n) is 5.48. The molecular weight excluding hydrogens is 240 g/mol. The second kappa shape index (κ2) is 5.21. The number of aliphatic hydroxyl groups excluding tert-OH is 1. The quantitative estimate of drug-likeness (QED) is 0.868. The van der Waals surface area contributed by atoms with Crippen LogP contribution in [0.5, 0.6) is 0 Å². The summed E-state index contributed by atoms with van der Waals surface area (Å²) in [7, 11) is 0. The molecule has 1 aromatic rings. The van der Waals surface area contributed by atoms with Gasteiger partial charge in [0.05, 0.1) is 12.6 Å². The summed E-state index contributed by atoms with van der Waals surface area (Å²) in [5.74, 6) is 0.0914. The first-order chi connectivity index (χ1) is 9.24. The highest BCUT2D eigenvalue weighted by atomic mass is 16.3. The molecule has 0 spiro atoms. The number of fused-ring (bicyclic) bond motifs is 1. The summed E-state index contributed by atoms with van der Waals surface area (Å²) < 4.78 is 0. The van der Waals surface area contributed by atoms with Crippen LogP contribution in [0.1, 0.15) is 37.4 Å². The van der Waals surface area contributed by atoms with E-state index in [-0.39, 0.29) is 5.91 Å². The number of nitrogens with one attached hydrogen (secondary N) is 1. The Labute approximate surface area is 113 Å². The molecule has 0 radical (unpaired) electrons. The predicted octanol–water partition coefficient (Wildman–Crippen LogP) is 1.60. The molecule has 19 heavy (non-hydrogen) atoms. The van der Waals surface area contributed by atoms with Crippen LogP contribution in [0, 0.1) is 0 Å². The number of aliphatic hydroxyl groups is 1. The molecule has 1 aromatic carbocycles. The number of carbonyl (C=O) groups excluding carboxylic acids is 1. The Morgan fingerprint density at radius 2 is 2.11 bits per heavy atom. The molecule has 0 saturated heterocycles. The maximum Gasteiger partial charge on any atom is 0.239 e. The van der Waals surface area contributed by atoms with Crippen molar-refractivity contribution < 1.29 is 9.90 Å². The number of para-hydroxylation sites is 1. The predicted molar refractivity (Wildman–Crippen MR) is 74.0 cm³/mol. The van der Waals surface area contributed by atoms with Crippen molar-refractivity contribution in [1.82, 2.24) is 5.32 Å². The zero-order valence-corrected chi connectivity index (χ0v) is 11.0. The number of nitrogens with zero attached hydrogens (tertiary/aromatic N) is 1. The minimum absolute atomic E-state index is 0.0914. The van der Waals surface area contributed by atoms with Crippen molar-refractivity contribution in [3.8, 4) is 0 Å². The van der Waals surface area contributed by atoms with Crippen molar-refractivity contribution in [2.75, 3.05) is 18.0 Å². The third-order valence-corrected chi connectivity index (χ3v) is 3.82. The third kappa shape index (κ3) is 2.89. The number of carbonyl (C=O) groups is 1. The van der Waals surface area contributed by atoms with E-state index in [9.17, 15) is 9.90 Å². The molecular formula is C15H20N2O2. The van der Waals surface area contributed by atoms with E-state index >= 15 is 0 Å². The molecule has 1 amide bonds. The highest BCUT2D eigenvalue weighted by Gasteiger charge is 2.26. The Morgan fingerprint density at radius 3 is 2.89 bits per heavy atom. The van der Waals surface area contributed by atoms with Crippen LogP contribution in [-0.2, 0) is 4.79 Å². The van der Waals surface area contributed by atoms with E-state index in [0.717, 1.165) is 43.5 Å². The molecule has 1 heterocycles. The Balaban J connectivity index is 1.76. The average molecular weight is 260 g/mol. The summed E-state index contributed by atoms with van der Waals surface area (Å²) in [6.45, 7) is 1.21. The van der Waals surface area contributed by atoms with Crippen LogP contribution in [-0.4, -0.2) is 30.1 Å². The lowest BCUT2D eigenvalue weighted by Crippen LogP contribution is -2.38. The number of anilines is 1. The topological polar surface area (TPSA) is 52.6 Å². The molecule has 0 bridgehead atoms. The highest BCUT2D eigenvalue weighted by molar-refractivity contribution is 5.82. The molecule has 1 saturated carbocycles. The van der Waals surface area contributed by atoms with E-state index < -0.39 is 6.10 Å². The van der Waals surface area contributed by atoms with Gasteiger partial charge in [-0.3, -0.25) is 4.79 Å². The second-order valence-corrected chi connectivity index (χ2v) is 5.48. The van der Waals surface area contributed by atoms with Gasteiger partial charge in [0, 0.05) is 23.8 Å². The smallest absolute Gasteiger partial charge is 0.239 e. The zero-order chi connectivity index (χ0) is 13.2. The molecule has 1 aliphatic carbocycles. The summed E-state index contributed by atoms with van der Waals surface area (Å²) in [5.41, 5.74) is 1.94. The van der Waals surface area contributed by atoms with Crippen molar-refractivity contribution in [1.29, 1.82) is 0 Å². The summed E-state index contributed by atoms with van der Waals surface area (Å²) in [5, 5.41) is 13.1. The molecule has 1 fully saturated rings. The van der Waals surface area contributed by atoms with Gasteiger partial charge in [0.15, 0.2) is 0 Å². The first kappa shape index (κ1) is 12.5. The Morgan fingerprint density at radius 1 is 1.32 bits per heavy atom. The van der Waals surface area contributed by atoms with E-state index in [4.69, 9.17) is 0 Å². The zero-order valence-electron chi connectivity index (χ0n) is 11.0. The van der Waals surface area contributed by atoms with Gasteiger partial charge in [0.1, 0.15) is 0 Å². The molecule has 4 heteroatoms. The highest BCUT2D eigenvalue weighted by Crippen LogP contribution is 2.32. The van der Waals surface area contributed by atoms with Gasteiger partial charge in [-0.2, -0.15) is 0 Å². The summed E-state index contributed by atoms with van der Waals surface area (Å²) in [6, 6.07) is 8.25.